The van der Waals surface area contributed by atoms with Crippen molar-refractivity contribution in [1.29, 1.82) is 0 Å². The van der Waals surface area contributed by atoms with E-state index in [4.69, 9.17) is 16.1 Å². The SMILES string of the molecule is Cc1c(Cl)cccc1NS(=O)(=O)c1ccc2onc(C(=O)N3CCCC3)c2c1. The van der Waals surface area contributed by atoms with Crippen LogP contribution in [0.4, 0.5) is 5.69 Å². The highest BCUT2D eigenvalue weighted by molar-refractivity contribution is 7.92. The summed E-state index contributed by atoms with van der Waals surface area (Å²) in [5.74, 6) is -0.246. The summed E-state index contributed by atoms with van der Waals surface area (Å²) in [5, 5.41) is 4.72. The predicted octanol–water partition coefficient (Wildman–Crippen LogP) is 3.83. The van der Waals surface area contributed by atoms with E-state index in [2.05, 4.69) is 9.88 Å². The second-order valence-corrected chi connectivity index (χ2v) is 8.80. The number of carbonyl (C=O) groups is 1. The van der Waals surface area contributed by atoms with E-state index in [-0.39, 0.29) is 16.5 Å². The molecule has 0 unspecified atom stereocenters. The van der Waals surface area contributed by atoms with Crippen LogP contribution in [0.25, 0.3) is 11.0 Å². The molecule has 0 atom stereocenters. The van der Waals surface area contributed by atoms with Crippen molar-refractivity contribution in [3.05, 3.63) is 52.7 Å². The third-order valence-electron chi connectivity index (χ3n) is 4.86. The Bertz CT molecular complexity index is 1170. The minimum Gasteiger partial charge on any atom is -0.355 e. The lowest BCUT2D eigenvalue weighted by molar-refractivity contribution is 0.0784. The fraction of sp³-hybridized carbons (Fsp3) is 0.263. The first kappa shape index (κ1) is 18.8. The van der Waals surface area contributed by atoms with Crippen LogP contribution in [0.3, 0.4) is 0 Å². The van der Waals surface area contributed by atoms with Crippen LogP contribution in [0.5, 0.6) is 0 Å². The Morgan fingerprint density at radius 3 is 2.71 bits per heavy atom. The third-order valence-corrected chi connectivity index (χ3v) is 6.63. The zero-order valence-electron chi connectivity index (χ0n) is 15.1. The van der Waals surface area contributed by atoms with E-state index in [0.717, 1.165) is 12.8 Å². The molecule has 1 N–H and O–H groups in total. The molecule has 1 aliphatic heterocycles. The monoisotopic (exact) mass is 419 g/mol. The number of rotatable bonds is 4. The first-order chi connectivity index (χ1) is 13.4. The number of hydrogen-bond acceptors (Lipinski definition) is 5. The number of anilines is 1. The van der Waals surface area contributed by atoms with Gasteiger partial charge in [-0.2, -0.15) is 0 Å². The van der Waals surface area contributed by atoms with E-state index in [1.165, 1.54) is 18.2 Å². The van der Waals surface area contributed by atoms with E-state index in [9.17, 15) is 13.2 Å². The Hall–Kier alpha value is -2.58. The maximum atomic E-state index is 12.9. The Balaban J connectivity index is 1.71. The Kier molecular flexibility index (Phi) is 4.76. The average Bonchev–Trinajstić information content (AvgIpc) is 3.34. The number of amides is 1. The van der Waals surface area contributed by atoms with Crippen molar-refractivity contribution < 1.29 is 17.7 Å². The van der Waals surface area contributed by atoms with E-state index in [0.29, 0.717) is 40.3 Å². The number of carbonyl (C=O) groups excluding carboxylic acids is 1. The normalized spacial score (nSPS) is 14.6. The summed E-state index contributed by atoms with van der Waals surface area (Å²) >= 11 is 6.07. The molecule has 4 rings (SSSR count). The molecule has 1 aliphatic rings. The molecule has 146 valence electrons. The molecule has 1 saturated heterocycles. The van der Waals surface area contributed by atoms with Crippen LogP contribution in [-0.4, -0.2) is 37.5 Å². The summed E-state index contributed by atoms with van der Waals surface area (Å²) < 4.78 is 33.5. The highest BCUT2D eigenvalue weighted by Gasteiger charge is 2.26. The molecule has 0 radical (unpaired) electrons. The lowest BCUT2D eigenvalue weighted by Crippen LogP contribution is -2.28. The van der Waals surface area contributed by atoms with Crippen LogP contribution in [0.15, 0.2) is 45.8 Å². The molecule has 0 saturated carbocycles. The van der Waals surface area contributed by atoms with Gasteiger partial charge in [0, 0.05) is 18.1 Å². The minimum absolute atomic E-state index is 0.0121. The van der Waals surface area contributed by atoms with Gasteiger partial charge in [0.25, 0.3) is 15.9 Å². The summed E-state index contributed by atoms with van der Waals surface area (Å²) in [7, 11) is -3.89. The molecule has 1 aromatic heterocycles. The van der Waals surface area contributed by atoms with Gasteiger partial charge in [-0.05, 0) is 55.7 Å². The number of likely N-dealkylation sites (tertiary alicyclic amines) is 1. The first-order valence-electron chi connectivity index (χ1n) is 8.83. The molecule has 0 aliphatic carbocycles. The summed E-state index contributed by atoms with van der Waals surface area (Å²) in [6.45, 7) is 3.07. The second kappa shape index (κ2) is 7.10. The first-order valence-corrected chi connectivity index (χ1v) is 10.7. The van der Waals surface area contributed by atoms with Crippen molar-refractivity contribution in [1.82, 2.24) is 10.1 Å². The van der Waals surface area contributed by atoms with Gasteiger partial charge in [-0.15, -0.1) is 0 Å². The van der Waals surface area contributed by atoms with Crippen molar-refractivity contribution in [2.24, 2.45) is 0 Å². The molecule has 2 heterocycles. The highest BCUT2D eigenvalue weighted by atomic mass is 35.5. The van der Waals surface area contributed by atoms with Crippen LogP contribution in [0.1, 0.15) is 28.9 Å². The number of hydrogen-bond donors (Lipinski definition) is 1. The number of fused-ring (bicyclic) bond motifs is 1. The molecular weight excluding hydrogens is 402 g/mol. The van der Waals surface area contributed by atoms with E-state index in [1.807, 2.05) is 0 Å². The van der Waals surface area contributed by atoms with Crippen molar-refractivity contribution in [2.45, 2.75) is 24.7 Å². The highest BCUT2D eigenvalue weighted by Crippen LogP contribution is 2.28. The van der Waals surface area contributed by atoms with Gasteiger partial charge < -0.3 is 9.42 Å². The van der Waals surface area contributed by atoms with Crippen molar-refractivity contribution in [3.63, 3.8) is 0 Å². The summed E-state index contributed by atoms with van der Waals surface area (Å²) in [5.41, 5.74) is 1.52. The Morgan fingerprint density at radius 2 is 1.96 bits per heavy atom. The molecule has 1 amide bonds. The van der Waals surface area contributed by atoms with Crippen LogP contribution >= 0.6 is 11.6 Å². The van der Waals surface area contributed by atoms with E-state index < -0.39 is 10.0 Å². The average molecular weight is 420 g/mol. The maximum absolute atomic E-state index is 12.9. The topological polar surface area (TPSA) is 92.5 Å². The number of nitrogens with zero attached hydrogens (tertiary/aromatic N) is 2. The third kappa shape index (κ3) is 3.33. The van der Waals surface area contributed by atoms with Crippen molar-refractivity contribution >= 4 is 44.2 Å². The molecule has 0 bridgehead atoms. The largest absolute Gasteiger partial charge is 0.355 e. The van der Waals surface area contributed by atoms with Gasteiger partial charge >= 0.3 is 0 Å². The van der Waals surface area contributed by atoms with Gasteiger partial charge in [0.2, 0.25) is 0 Å². The van der Waals surface area contributed by atoms with Crippen LogP contribution in [0, 0.1) is 6.92 Å². The number of sulfonamides is 1. The second-order valence-electron chi connectivity index (χ2n) is 6.71. The molecule has 3 aromatic rings. The fourth-order valence-electron chi connectivity index (χ4n) is 3.23. The lowest BCUT2D eigenvalue weighted by Gasteiger charge is -2.13. The molecular formula is C19H18ClN3O4S. The number of halogens is 1. The van der Waals surface area contributed by atoms with E-state index in [1.54, 1.807) is 30.0 Å². The van der Waals surface area contributed by atoms with Crippen molar-refractivity contribution in [3.8, 4) is 0 Å². The molecule has 28 heavy (non-hydrogen) atoms. The molecule has 7 nitrogen and oxygen atoms in total. The Morgan fingerprint density at radius 1 is 1.21 bits per heavy atom. The number of aromatic nitrogens is 1. The molecule has 9 heteroatoms. The van der Waals surface area contributed by atoms with Gasteiger partial charge in [0.15, 0.2) is 11.3 Å². The molecule has 2 aromatic carbocycles. The summed E-state index contributed by atoms with van der Waals surface area (Å²) in [4.78, 5) is 14.4. The fourth-order valence-corrected chi connectivity index (χ4v) is 4.55. The molecule has 1 fully saturated rings. The van der Waals surface area contributed by atoms with Gasteiger partial charge in [0.05, 0.1) is 16.0 Å². The standard InChI is InChI=1S/C19H18ClN3O4S/c1-12-15(20)5-4-6-16(12)22-28(25,26)13-7-8-17-14(11-13)18(21-27-17)19(24)23-9-2-3-10-23/h4-8,11,22H,2-3,9-10H2,1H3. The smallest absolute Gasteiger partial charge is 0.276 e. The van der Waals surface area contributed by atoms with Gasteiger partial charge in [-0.3, -0.25) is 9.52 Å². The zero-order chi connectivity index (χ0) is 19.9. The maximum Gasteiger partial charge on any atom is 0.276 e. The number of benzene rings is 2. The van der Waals surface area contributed by atoms with Crippen LogP contribution < -0.4 is 4.72 Å². The van der Waals surface area contributed by atoms with Gasteiger partial charge in [0.1, 0.15) is 0 Å². The Labute approximate surface area is 167 Å². The van der Waals surface area contributed by atoms with Crippen LogP contribution in [-0.2, 0) is 10.0 Å². The minimum atomic E-state index is -3.89. The molecule has 0 spiro atoms. The van der Waals surface area contributed by atoms with E-state index >= 15 is 0 Å². The zero-order valence-corrected chi connectivity index (χ0v) is 16.7. The lowest BCUT2D eigenvalue weighted by atomic mass is 10.2. The number of nitrogens with one attached hydrogen (secondary N) is 1. The predicted molar refractivity (Wildman–Crippen MR) is 106 cm³/mol. The van der Waals surface area contributed by atoms with Gasteiger partial charge in [-0.25, -0.2) is 8.42 Å². The quantitative estimate of drug-likeness (QED) is 0.693. The van der Waals surface area contributed by atoms with Gasteiger partial charge in [-0.1, -0.05) is 22.8 Å². The summed E-state index contributed by atoms with van der Waals surface area (Å²) in [6.07, 6.45) is 1.90. The summed E-state index contributed by atoms with van der Waals surface area (Å²) in [6, 6.07) is 9.33. The van der Waals surface area contributed by atoms with Crippen molar-refractivity contribution in [2.75, 3.05) is 17.8 Å². The van der Waals surface area contributed by atoms with Crippen LogP contribution in [0.2, 0.25) is 5.02 Å².